The molecule has 1 saturated carbocycles. The lowest BCUT2D eigenvalue weighted by atomic mass is 10.1. The van der Waals surface area contributed by atoms with Crippen molar-refractivity contribution in [1.82, 2.24) is 15.0 Å². The number of aliphatic hydroxyl groups excluding tert-OH is 1. The van der Waals surface area contributed by atoms with Gasteiger partial charge in [0.1, 0.15) is 10.6 Å². The van der Waals surface area contributed by atoms with Crippen LogP contribution in [0.25, 0.3) is 11.4 Å². The van der Waals surface area contributed by atoms with Crippen LogP contribution in [0.15, 0.2) is 41.9 Å². The first-order valence-corrected chi connectivity index (χ1v) is 15.0. The van der Waals surface area contributed by atoms with Gasteiger partial charge in [-0.2, -0.15) is 0 Å². The number of benzene rings is 1. The maximum Gasteiger partial charge on any atom is 0.325 e. The van der Waals surface area contributed by atoms with Gasteiger partial charge in [-0.05, 0) is 50.5 Å². The van der Waals surface area contributed by atoms with Crippen LogP contribution in [0, 0.1) is 0 Å². The number of hydrogen-bond acceptors (Lipinski definition) is 10. The summed E-state index contributed by atoms with van der Waals surface area (Å²) >= 11 is 1.32. The number of rotatable bonds is 9. The van der Waals surface area contributed by atoms with Crippen molar-refractivity contribution in [1.29, 1.82) is 0 Å². The van der Waals surface area contributed by atoms with Gasteiger partial charge in [0.25, 0.3) is 0 Å². The van der Waals surface area contributed by atoms with Crippen LogP contribution in [-0.4, -0.2) is 72.7 Å². The summed E-state index contributed by atoms with van der Waals surface area (Å²) in [4.78, 5) is 28.0. The molecule has 2 amide bonds. The molecule has 1 aliphatic heterocycles. The average Bonchev–Trinajstić information content (AvgIpc) is 3.60. The number of nitrogens with zero attached hydrogens (tertiary/aromatic N) is 4. The van der Waals surface area contributed by atoms with Crippen LogP contribution < -0.4 is 15.5 Å². The summed E-state index contributed by atoms with van der Waals surface area (Å²) in [5, 5.41) is 16.9. The van der Waals surface area contributed by atoms with Crippen LogP contribution in [-0.2, 0) is 19.3 Å². The molecule has 38 heavy (non-hydrogen) atoms. The van der Waals surface area contributed by atoms with E-state index in [2.05, 4.69) is 20.5 Å². The SMILES string of the molecule is C[C@H]1COCCN1c1cc(C2(S(=O)(=O)CCCO)CC2)nc(-c2ccc(NC(=O)Nc3nccs3)cc2)n1. The van der Waals surface area contributed by atoms with Crippen molar-refractivity contribution in [2.75, 3.05) is 47.7 Å². The van der Waals surface area contributed by atoms with Gasteiger partial charge in [0.15, 0.2) is 20.8 Å². The van der Waals surface area contributed by atoms with Crippen molar-refractivity contribution in [2.45, 2.75) is 37.0 Å². The lowest BCUT2D eigenvalue weighted by molar-refractivity contribution is 0.0985. The Morgan fingerprint density at radius 3 is 2.68 bits per heavy atom. The molecule has 0 unspecified atom stereocenters. The highest BCUT2D eigenvalue weighted by atomic mass is 32.2. The zero-order valence-electron chi connectivity index (χ0n) is 21.0. The fourth-order valence-corrected chi connectivity index (χ4v) is 7.12. The zero-order valence-corrected chi connectivity index (χ0v) is 22.6. The van der Waals surface area contributed by atoms with E-state index in [9.17, 15) is 18.3 Å². The fraction of sp³-hybridized carbons (Fsp3) is 0.440. The van der Waals surface area contributed by atoms with E-state index < -0.39 is 20.6 Å². The highest BCUT2D eigenvalue weighted by Crippen LogP contribution is 2.53. The maximum atomic E-state index is 13.3. The molecule has 1 saturated heterocycles. The van der Waals surface area contributed by atoms with Gasteiger partial charge in [-0.3, -0.25) is 5.32 Å². The Labute approximate surface area is 225 Å². The average molecular weight is 559 g/mol. The summed E-state index contributed by atoms with van der Waals surface area (Å²) in [5.74, 6) is 0.989. The van der Waals surface area contributed by atoms with Crippen molar-refractivity contribution in [3.05, 3.63) is 47.6 Å². The Morgan fingerprint density at radius 1 is 1.24 bits per heavy atom. The number of aromatic nitrogens is 3. The van der Waals surface area contributed by atoms with E-state index in [1.54, 1.807) is 41.9 Å². The molecule has 2 aromatic heterocycles. The predicted octanol–water partition coefficient (Wildman–Crippen LogP) is 3.26. The largest absolute Gasteiger partial charge is 0.396 e. The van der Waals surface area contributed by atoms with E-state index in [-0.39, 0.29) is 24.8 Å². The van der Waals surface area contributed by atoms with Crippen molar-refractivity contribution in [3.63, 3.8) is 0 Å². The van der Waals surface area contributed by atoms with Crippen LogP contribution in [0.1, 0.15) is 31.9 Å². The lowest BCUT2D eigenvalue weighted by Gasteiger charge is -2.34. The smallest absolute Gasteiger partial charge is 0.325 e. The van der Waals surface area contributed by atoms with Gasteiger partial charge in [0.2, 0.25) is 0 Å². The number of hydrogen-bond donors (Lipinski definition) is 3. The molecule has 13 heteroatoms. The van der Waals surface area contributed by atoms with Crippen molar-refractivity contribution in [3.8, 4) is 11.4 Å². The third-order valence-corrected chi connectivity index (χ3v) is 10.1. The number of carbonyl (C=O) groups is 1. The standard InChI is InChI=1S/C25H30N6O5S2/c1-17-16-36-12-10-31(17)21-15-20(25(7-8-25)38(34,35)14-2-11-32)28-22(29-21)18-3-5-19(6-4-18)27-23(33)30-24-26-9-13-37-24/h3-6,9,13,15,17,32H,2,7-8,10-12,14,16H2,1H3,(H2,26,27,30,33)/t17-/m0/s1. The molecule has 0 radical (unpaired) electrons. The third-order valence-electron chi connectivity index (χ3n) is 6.77. The number of sulfone groups is 1. The van der Waals surface area contributed by atoms with Gasteiger partial charge in [-0.25, -0.2) is 28.2 Å². The van der Waals surface area contributed by atoms with Crippen LogP contribution >= 0.6 is 11.3 Å². The Kier molecular flexibility index (Phi) is 7.61. The second-order valence-electron chi connectivity index (χ2n) is 9.44. The van der Waals surface area contributed by atoms with E-state index in [1.165, 1.54) is 11.3 Å². The van der Waals surface area contributed by atoms with Gasteiger partial charge < -0.3 is 20.1 Å². The molecular weight excluding hydrogens is 528 g/mol. The van der Waals surface area contributed by atoms with E-state index >= 15 is 0 Å². The molecule has 2 fully saturated rings. The van der Waals surface area contributed by atoms with Gasteiger partial charge in [0.05, 0.1) is 30.7 Å². The second kappa shape index (κ2) is 10.9. The van der Waals surface area contributed by atoms with Crippen molar-refractivity contribution in [2.24, 2.45) is 0 Å². The summed E-state index contributed by atoms with van der Waals surface area (Å²) < 4.78 is 31.1. The Morgan fingerprint density at radius 2 is 2.03 bits per heavy atom. The van der Waals surface area contributed by atoms with Crippen LogP contribution in [0.4, 0.5) is 21.4 Å². The molecule has 3 aromatic rings. The number of urea groups is 1. The number of ether oxygens (including phenoxy) is 1. The normalized spacial score (nSPS) is 18.7. The fourth-order valence-electron chi connectivity index (χ4n) is 4.55. The predicted molar refractivity (Wildman–Crippen MR) is 146 cm³/mol. The number of thiazole rings is 1. The van der Waals surface area contributed by atoms with Crippen LogP contribution in [0.2, 0.25) is 0 Å². The third kappa shape index (κ3) is 5.51. The number of amides is 2. The molecule has 3 heterocycles. The maximum absolute atomic E-state index is 13.3. The van der Waals surface area contributed by atoms with E-state index in [0.717, 1.165) is 0 Å². The van der Waals surface area contributed by atoms with Crippen LogP contribution in [0.5, 0.6) is 0 Å². The molecule has 1 atom stereocenters. The number of aliphatic hydroxyl groups is 1. The highest BCUT2D eigenvalue weighted by molar-refractivity contribution is 7.92. The summed E-state index contributed by atoms with van der Waals surface area (Å²) in [5.41, 5.74) is 1.76. The molecular formula is C25H30N6O5S2. The van der Waals surface area contributed by atoms with Crippen LogP contribution in [0.3, 0.4) is 0 Å². The minimum absolute atomic E-state index is 0.0726. The van der Waals surface area contributed by atoms with Crippen molar-refractivity contribution < 1.29 is 23.1 Å². The molecule has 1 aromatic carbocycles. The van der Waals surface area contributed by atoms with Gasteiger partial charge in [-0.1, -0.05) is 0 Å². The minimum Gasteiger partial charge on any atom is -0.396 e. The number of carbonyl (C=O) groups excluding carboxylic acids is 1. The van der Waals surface area contributed by atoms with E-state index in [0.29, 0.717) is 66.3 Å². The number of morpholine rings is 1. The van der Waals surface area contributed by atoms with Gasteiger partial charge in [0, 0.05) is 42.0 Å². The highest BCUT2D eigenvalue weighted by Gasteiger charge is 2.56. The Bertz CT molecular complexity index is 1380. The number of nitrogens with one attached hydrogen (secondary N) is 2. The first-order valence-electron chi connectivity index (χ1n) is 12.5. The summed E-state index contributed by atoms with van der Waals surface area (Å²) in [6, 6.07) is 8.55. The number of anilines is 3. The van der Waals surface area contributed by atoms with Gasteiger partial charge >= 0.3 is 6.03 Å². The van der Waals surface area contributed by atoms with Crippen molar-refractivity contribution >= 4 is 43.8 Å². The molecule has 2 aliphatic rings. The zero-order chi connectivity index (χ0) is 26.8. The second-order valence-corrected chi connectivity index (χ2v) is 12.8. The summed E-state index contributed by atoms with van der Waals surface area (Å²) in [6.45, 7) is 3.62. The first-order chi connectivity index (χ1) is 18.3. The molecule has 1 aliphatic carbocycles. The topological polar surface area (TPSA) is 147 Å². The minimum atomic E-state index is -3.52. The van der Waals surface area contributed by atoms with E-state index in [1.807, 2.05) is 6.92 Å². The lowest BCUT2D eigenvalue weighted by Crippen LogP contribution is -2.44. The quantitative estimate of drug-likeness (QED) is 0.360. The Hall–Kier alpha value is -3.13. The summed E-state index contributed by atoms with van der Waals surface area (Å²) in [7, 11) is -3.52. The molecule has 0 bridgehead atoms. The summed E-state index contributed by atoms with van der Waals surface area (Å²) in [6.07, 6.45) is 2.79. The van der Waals surface area contributed by atoms with E-state index in [4.69, 9.17) is 14.7 Å². The monoisotopic (exact) mass is 558 g/mol. The Balaban J connectivity index is 1.45. The first kappa shape index (κ1) is 26.5. The molecule has 5 rings (SSSR count). The van der Waals surface area contributed by atoms with Gasteiger partial charge in [-0.15, -0.1) is 11.3 Å². The molecule has 202 valence electrons. The molecule has 0 spiro atoms. The molecule has 11 nitrogen and oxygen atoms in total. The molecule has 3 N–H and O–H groups in total.